The molecule has 6 heteroatoms. The maximum Gasteiger partial charge on any atom is 0.236 e. The van der Waals surface area contributed by atoms with E-state index in [1.807, 2.05) is 11.8 Å². The minimum Gasteiger partial charge on any atom is -0.353 e. The molecule has 6 nitrogen and oxygen atoms in total. The van der Waals surface area contributed by atoms with Gasteiger partial charge in [-0.1, -0.05) is 40.0 Å². The van der Waals surface area contributed by atoms with E-state index >= 15 is 0 Å². The molecule has 0 aromatic carbocycles. The van der Waals surface area contributed by atoms with Crippen LogP contribution in [0, 0.1) is 5.92 Å². The lowest BCUT2D eigenvalue weighted by Crippen LogP contribution is -2.53. The number of carbonyl (C=O) groups excluding carboxylic acids is 2. The van der Waals surface area contributed by atoms with Crippen molar-refractivity contribution in [2.24, 2.45) is 5.92 Å². The lowest BCUT2D eigenvalue weighted by Gasteiger charge is -2.37. The molecule has 2 fully saturated rings. The van der Waals surface area contributed by atoms with Crippen LogP contribution in [0.1, 0.15) is 65.7 Å². The second-order valence-electron chi connectivity index (χ2n) is 8.68. The van der Waals surface area contributed by atoms with Crippen LogP contribution in [0.4, 0.5) is 0 Å². The first kappa shape index (κ1) is 23.1. The van der Waals surface area contributed by atoms with Gasteiger partial charge in [-0.05, 0) is 32.2 Å². The fourth-order valence-electron chi connectivity index (χ4n) is 4.11. The molecule has 0 bridgehead atoms. The van der Waals surface area contributed by atoms with Crippen LogP contribution in [0.3, 0.4) is 0 Å². The van der Waals surface area contributed by atoms with Crippen molar-refractivity contribution in [3.05, 3.63) is 0 Å². The summed E-state index contributed by atoms with van der Waals surface area (Å²) in [6.45, 7) is 13.7. The molecule has 2 amide bonds. The highest BCUT2D eigenvalue weighted by Crippen LogP contribution is 2.14. The molecule has 0 aliphatic carbocycles. The summed E-state index contributed by atoms with van der Waals surface area (Å²) in [5.41, 5.74) is 0. The number of amides is 2. The SMILES string of the molecule is CCCCC(C)C(=O)NC1CCN(CC(=O)N2CCN(CCCC)CC2)CC1. The van der Waals surface area contributed by atoms with Crippen molar-refractivity contribution >= 4 is 11.8 Å². The number of nitrogens with one attached hydrogen (secondary N) is 1. The van der Waals surface area contributed by atoms with E-state index in [9.17, 15) is 9.59 Å². The Morgan fingerprint density at radius 2 is 1.57 bits per heavy atom. The smallest absolute Gasteiger partial charge is 0.236 e. The Labute approximate surface area is 172 Å². The minimum atomic E-state index is 0.107. The number of unbranched alkanes of at least 4 members (excludes halogenated alkanes) is 2. The molecule has 0 radical (unpaired) electrons. The summed E-state index contributed by atoms with van der Waals surface area (Å²) in [6, 6.07) is 0.269. The van der Waals surface area contributed by atoms with Gasteiger partial charge in [0, 0.05) is 51.2 Å². The molecule has 28 heavy (non-hydrogen) atoms. The van der Waals surface area contributed by atoms with Gasteiger partial charge in [0.05, 0.1) is 6.54 Å². The zero-order valence-electron chi connectivity index (χ0n) is 18.4. The van der Waals surface area contributed by atoms with Crippen molar-refractivity contribution < 1.29 is 9.59 Å². The van der Waals surface area contributed by atoms with Gasteiger partial charge in [0.2, 0.25) is 11.8 Å². The molecule has 2 aliphatic heterocycles. The van der Waals surface area contributed by atoms with Crippen LogP contribution >= 0.6 is 0 Å². The third-order valence-corrected chi connectivity index (χ3v) is 6.28. The monoisotopic (exact) mass is 394 g/mol. The van der Waals surface area contributed by atoms with Crippen LogP contribution in [0.2, 0.25) is 0 Å². The highest BCUT2D eigenvalue weighted by Gasteiger charge is 2.26. The van der Waals surface area contributed by atoms with Gasteiger partial charge in [-0.3, -0.25) is 19.4 Å². The largest absolute Gasteiger partial charge is 0.353 e. The fraction of sp³-hybridized carbons (Fsp3) is 0.909. The van der Waals surface area contributed by atoms with Crippen molar-refractivity contribution in [3.8, 4) is 0 Å². The summed E-state index contributed by atoms with van der Waals surface area (Å²) in [7, 11) is 0. The van der Waals surface area contributed by atoms with E-state index in [-0.39, 0.29) is 23.8 Å². The topological polar surface area (TPSA) is 55.9 Å². The Kier molecular flexibility index (Phi) is 10.3. The summed E-state index contributed by atoms with van der Waals surface area (Å²) in [5, 5.41) is 3.22. The minimum absolute atomic E-state index is 0.107. The third-order valence-electron chi connectivity index (χ3n) is 6.28. The van der Waals surface area contributed by atoms with Gasteiger partial charge in [-0.25, -0.2) is 0 Å². The zero-order chi connectivity index (χ0) is 20.4. The maximum atomic E-state index is 12.6. The first-order valence-electron chi connectivity index (χ1n) is 11.6. The Morgan fingerprint density at radius 1 is 0.929 bits per heavy atom. The normalized spacial score (nSPS) is 20.9. The van der Waals surface area contributed by atoms with Crippen molar-refractivity contribution in [3.63, 3.8) is 0 Å². The van der Waals surface area contributed by atoms with E-state index in [1.54, 1.807) is 0 Å². The third kappa shape index (κ3) is 7.70. The Bertz CT molecular complexity index is 469. The number of carbonyl (C=O) groups is 2. The first-order valence-corrected chi connectivity index (χ1v) is 11.6. The van der Waals surface area contributed by atoms with Gasteiger partial charge in [0.1, 0.15) is 0 Å². The molecule has 1 atom stereocenters. The lowest BCUT2D eigenvalue weighted by molar-refractivity contribution is -0.134. The molecule has 1 N–H and O–H groups in total. The molecule has 0 aromatic rings. The van der Waals surface area contributed by atoms with Crippen LogP contribution in [-0.4, -0.2) is 84.9 Å². The zero-order valence-corrected chi connectivity index (χ0v) is 18.4. The molecule has 162 valence electrons. The molecule has 2 rings (SSSR count). The number of hydrogen-bond acceptors (Lipinski definition) is 4. The number of likely N-dealkylation sites (tertiary alicyclic amines) is 1. The second kappa shape index (κ2) is 12.4. The average Bonchev–Trinajstić information content (AvgIpc) is 2.72. The molecule has 0 saturated carbocycles. The van der Waals surface area contributed by atoms with E-state index < -0.39 is 0 Å². The predicted molar refractivity (Wildman–Crippen MR) is 114 cm³/mol. The Balaban J connectivity index is 1.63. The van der Waals surface area contributed by atoms with Crippen LogP contribution in [0.15, 0.2) is 0 Å². The first-order chi connectivity index (χ1) is 13.5. The molecular weight excluding hydrogens is 352 g/mol. The molecule has 1 unspecified atom stereocenters. The quantitative estimate of drug-likeness (QED) is 0.618. The summed E-state index contributed by atoms with van der Waals surface area (Å²) in [5.74, 6) is 0.574. The molecule has 2 saturated heterocycles. The van der Waals surface area contributed by atoms with E-state index in [1.165, 1.54) is 12.8 Å². The highest BCUT2D eigenvalue weighted by molar-refractivity contribution is 5.79. The van der Waals surface area contributed by atoms with Gasteiger partial charge < -0.3 is 10.2 Å². The van der Waals surface area contributed by atoms with E-state index in [0.717, 1.165) is 77.9 Å². The van der Waals surface area contributed by atoms with Crippen molar-refractivity contribution in [1.29, 1.82) is 0 Å². The van der Waals surface area contributed by atoms with E-state index in [0.29, 0.717) is 6.54 Å². The van der Waals surface area contributed by atoms with Gasteiger partial charge in [-0.2, -0.15) is 0 Å². The molecule has 0 aromatic heterocycles. The van der Waals surface area contributed by atoms with E-state index in [4.69, 9.17) is 0 Å². The standard InChI is InChI=1S/C22H42N4O2/c1-4-6-8-19(3)22(28)23-20-9-12-25(13-10-20)18-21(27)26-16-14-24(15-17-26)11-7-5-2/h19-20H,4-18H2,1-3H3,(H,23,28). The molecule has 2 heterocycles. The summed E-state index contributed by atoms with van der Waals surface area (Å²) < 4.78 is 0. The molecule has 0 spiro atoms. The Morgan fingerprint density at radius 3 is 2.18 bits per heavy atom. The average molecular weight is 395 g/mol. The van der Waals surface area contributed by atoms with Crippen LogP contribution in [0.5, 0.6) is 0 Å². The van der Waals surface area contributed by atoms with Crippen molar-refractivity contribution in [2.75, 3.05) is 52.4 Å². The molecular formula is C22H42N4O2. The maximum absolute atomic E-state index is 12.6. The second-order valence-corrected chi connectivity index (χ2v) is 8.68. The Hall–Kier alpha value is -1.14. The van der Waals surface area contributed by atoms with Crippen molar-refractivity contribution in [1.82, 2.24) is 20.0 Å². The summed E-state index contributed by atoms with van der Waals surface area (Å²) in [6.07, 6.45) is 7.60. The summed E-state index contributed by atoms with van der Waals surface area (Å²) >= 11 is 0. The number of hydrogen-bond donors (Lipinski definition) is 1. The highest BCUT2D eigenvalue weighted by atomic mass is 16.2. The summed E-state index contributed by atoms with van der Waals surface area (Å²) in [4.78, 5) is 31.7. The number of piperazine rings is 1. The van der Waals surface area contributed by atoms with Crippen LogP contribution in [0.25, 0.3) is 0 Å². The van der Waals surface area contributed by atoms with Crippen LogP contribution in [-0.2, 0) is 9.59 Å². The lowest BCUT2D eigenvalue weighted by atomic mass is 10.0. The van der Waals surface area contributed by atoms with Gasteiger partial charge in [-0.15, -0.1) is 0 Å². The van der Waals surface area contributed by atoms with E-state index in [2.05, 4.69) is 29.0 Å². The molecule has 2 aliphatic rings. The predicted octanol–water partition coefficient (Wildman–Crippen LogP) is 2.34. The van der Waals surface area contributed by atoms with Gasteiger partial charge in [0.25, 0.3) is 0 Å². The fourth-order valence-corrected chi connectivity index (χ4v) is 4.11. The van der Waals surface area contributed by atoms with Crippen molar-refractivity contribution in [2.45, 2.75) is 71.8 Å². The number of nitrogens with zero attached hydrogens (tertiary/aromatic N) is 3. The van der Waals surface area contributed by atoms with Crippen LogP contribution < -0.4 is 5.32 Å². The van der Waals surface area contributed by atoms with Gasteiger partial charge >= 0.3 is 0 Å². The number of rotatable bonds is 10. The number of piperidine rings is 1. The van der Waals surface area contributed by atoms with Gasteiger partial charge in [0.15, 0.2) is 0 Å².